The van der Waals surface area contributed by atoms with Crippen molar-refractivity contribution in [2.24, 2.45) is 11.8 Å². The van der Waals surface area contributed by atoms with E-state index < -0.39 is 28.8 Å². The highest BCUT2D eigenvalue weighted by Gasteiger charge is 2.63. The number of benzene rings is 2. The van der Waals surface area contributed by atoms with Gasteiger partial charge in [0.1, 0.15) is 6.04 Å². The maximum atomic E-state index is 13.8. The monoisotopic (exact) mass is 445 g/mol. The predicted octanol–water partition coefficient (Wildman–Crippen LogP) is 3.46. The highest BCUT2D eigenvalue weighted by molar-refractivity contribution is 6.14. The van der Waals surface area contributed by atoms with Gasteiger partial charge in [-0.15, -0.1) is 0 Å². The zero-order chi connectivity index (χ0) is 23.3. The summed E-state index contributed by atoms with van der Waals surface area (Å²) in [5, 5.41) is 11.3. The number of nitrogens with zero attached hydrogens (tertiary/aromatic N) is 3. The maximum absolute atomic E-state index is 13.8. The molecule has 33 heavy (non-hydrogen) atoms. The third kappa shape index (κ3) is 3.16. The Labute approximate surface area is 190 Å². The van der Waals surface area contributed by atoms with Crippen LogP contribution in [0.2, 0.25) is 0 Å². The molecule has 0 spiro atoms. The Morgan fingerprint density at radius 2 is 1.82 bits per heavy atom. The van der Waals surface area contributed by atoms with Crippen LogP contribution >= 0.6 is 0 Å². The molecule has 0 N–H and O–H groups in total. The normalized spacial score (nSPS) is 25.1. The lowest BCUT2D eigenvalue weighted by Crippen LogP contribution is -2.48. The molecule has 3 aliphatic heterocycles. The van der Waals surface area contributed by atoms with E-state index in [9.17, 15) is 24.5 Å². The van der Waals surface area contributed by atoms with E-state index in [2.05, 4.69) is 0 Å². The number of nitro groups is 1. The first-order valence-corrected chi connectivity index (χ1v) is 11.1. The number of carbonyl (C=O) groups excluding carboxylic acids is 3. The van der Waals surface area contributed by atoms with Gasteiger partial charge >= 0.3 is 0 Å². The summed E-state index contributed by atoms with van der Waals surface area (Å²) in [6.07, 6.45) is 5.37. The van der Waals surface area contributed by atoms with Crippen molar-refractivity contribution in [3.63, 3.8) is 0 Å². The number of unbranched alkanes of at least 4 members (excludes halogenated alkanes) is 1. The highest BCUT2D eigenvalue weighted by Crippen LogP contribution is 2.49. The second kappa shape index (κ2) is 7.95. The molecule has 2 saturated heterocycles. The van der Waals surface area contributed by atoms with Gasteiger partial charge in [0.05, 0.1) is 22.8 Å². The zero-order valence-electron chi connectivity index (χ0n) is 18.1. The van der Waals surface area contributed by atoms with E-state index in [0.717, 1.165) is 17.7 Å². The summed E-state index contributed by atoms with van der Waals surface area (Å²) in [7, 11) is 0. The van der Waals surface area contributed by atoms with Gasteiger partial charge in [-0.05, 0) is 18.1 Å². The quantitative estimate of drug-likeness (QED) is 0.292. The summed E-state index contributed by atoms with van der Waals surface area (Å²) >= 11 is 0. The lowest BCUT2D eigenvalue weighted by atomic mass is 9.86. The third-order valence-corrected chi connectivity index (χ3v) is 6.85. The molecule has 0 saturated carbocycles. The number of hydrogen-bond donors (Lipinski definition) is 0. The Hall–Kier alpha value is -3.81. The zero-order valence-corrected chi connectivity index (χ0v) is 18.1. The summed E-state index contributed by atoms with van der Waals surface area (Å²) in [5.74, 6) is -2.46. The second-order valence-electron chi connectivity index (χ2n) is 8.67. The van der Waals surface area contributed by atoms with Gasteiger partial charge in [0, 0.05) is 29.9 Å². The largest absolute Gasteiger partial charge is 0.352 e. The van der Waals surface area contributed by atoms with Crippen LogP contribution in [0.4, 0.5) is 11.4 Å². The van der Waals surface area contributed by atoms with Gasteiger partial charge in [-0.25, -0.2) is 0 Å². The molecule has 0 aromatic heterocycles. The van der Waals surface area contributed by atoms with Crippen LogP contribution in [0.15, 0.2) is 54.6 Å². The highest BCUT2D eigenvalue weighted by atomic mass is 16.6. The number of amides is 2. The summed E-state index contributed by atoms with van der Waals surface area (Å²) < 4.78 is 0. The van der Waals surface area contributed by atoms with Crippen molar-refractivity contribution in [3.05, 3.63) is 75.8 Å². The summed E-state index contributed by atoms with van der Waals surface area (Å²) in [4.78, 5) is 54.6. The fraction of sp³-hybridized carbons (Fsp3) is 0.320. The summed E-state index contributed by atoms with van der Waals surface area (Å²) in [6, 6.07) is 11.8. The van der Waals surface area contributed by atoms with Crippen molar-refractivity contribution in [2.75, 3.05) is 11.4 Å². The van der Waals surface area contributed by atoms with Crippen molar-refractivity contribution in [3.8, 4) is 0 Å². The van der Waals surface area contributed by atoms with Gasteiger partial charge < -0.3 is 4.90 Å². The maximum Gasteiger partial charge on any atom is 0.270 e. The lowest BCUT2D eigenvalue weighted by Gasteiger charge is -2.36. The molecule has 168 valence electrons. The summed E-state index contributed by atoms with van der Waals surface area (Å²) in [5.41, 5.74) is 1.65. The van der Waals surface area contributed by atoms with Crippen LogP contribution in [0.3, 0.4) is 0 Å². The number of Topliss-reactive ketones (excluding diaryl/α,β-unsaturated/α-hetero) is 1. The van der Waals surface area contributed by atoms with E-state index >= 15 is 0 Å². The van der Waals surface area contributed by atoms with Gasteiger partial charge in [-0.3, -0.25) is 29.4 Å². The molecule has 0 bridgehead atoms. The van der Waals surface area contributed by atoms with Gasteiger partial charge in [0.2, 0.25) is 11.8 Å². The van der Waals surface area contributed by atoms with Crippen molar-refractivity contribution < 1.29 is 19.3 Å². The fourth-order valence-corrected chi connectivity index (χ4v) is 5.36. The lowest BCUT2D eigenvalue weighted by molar-refractivity contribution is -0.384. The summed E-state index contributed by atoms with van der Waals surface area (Å²) in [6.45, 7) is 2.33. The Morgan fingerprint density at radius 3 is 2.58 bits per heavy atom. The third-order valence-electron chi connectivity index (χ3n) is 6.85. The Balaban J connectivity index is 1.62. The van der Waals surface area contributed by atoms with Crippen molar-refractivity contribution in [1.29, 1.82) is 0 Å². The molecule has 2 amide bonds. The SMILES string of the molecule is CCCCN1C(=O)C2C(C1=O)C(C(=O)c1cccc([N+](=O)[O-])c1)N1c3ccccc3C=CC21. The van der Waals surface area contributed by atoms with Gasteiger partial charge in [0.25, 0.3) is 5.69 Å². The molecule has 8 heteroatoms. The molecular weight excluding hydrogens is 422 g/mol. The van der Waals surface area contributed by atoms with Crippen LogP contribution in [0.1, 0.15) is 35.7 Å². The molecule has 3 aliphatic rings. The number of nitro benzene ring substituents is 1. The Bertz CT molecular complexity index is 1210. The van der Waals surface area contributed by atoms with Crippen molar-refractivity contribution in [2.45, 2.75) is 31.8 Å². The number of para-hydroxylation sites is 1. The number of hydrogen-bond acceptors (Lipinski definition) is 6. The van der Waals surface area contributed by atoms with Crippen LogP contribution in [0, 0.1) is 22.0 Å². The molecule has 0 aliphatic carbocycles. The minimum Gasteiger partial charge on any atom is -0.352 e. The topological polar surface area (TPSA) is 101 Å². The van der Waals surface area contributed by atoms with Gasteiger partial charge in [-0.2, -0.15) is 0 Å². The molecule has 5 rings (SSSR count). The number of imide groups is 1. The number of non-ortho nitro benzene ring substituents is 1. The van der Waals surface area contributed by atoms with E-state index in [1.54, 1.807) is 0 Å². The van der Waals surface area contributed by atoms with E-state index in [1.165, 1.54) is 29.2 Å². The van der Waals surface area contributed by atoms with Crippen LogP contribution < -0.4 is 4.90 Å². The van der Waals surface area contributed by atoms with Gasteiger partial charge in [-0.1, -0.05) is 55.8 Å². The van der Waals surface area contributed by atoms with E-state index in [0.29, 0.717) is 13.0 Å². The minimum absolute atomic E-state index is 0.160. The molecular formula is C25H23N3O5. The molecule has 3 heterocycles. The van der Waals surface area contributed by atoms with Crippen molar-refractivity contribution >= 4 is 35.0 Å². The fourth-order valence-electron chi connectivity index (χ4n) is 5.36. The second-order valence-corrected chi connectivity index (χ2v) is 8.67. The number of carbonyl (C=O) groups is 3. The number of fused-ring (bicyclic) bond motifs is 5. The van der Waals surface area contributed by atoms with E-state index in [1.807, 2.05) is 48.2 Å². The van der Waals surface area contributed by atoms with E-state index in [4.69, 9.17) is 0 Å². The predicted molar refractivity (Wildman–Crippen MR) is 122 cm³/mol. The number of ketones is 1. The first kappa shape index (κ1) is 21.1. The first-order valence-electron chi connectivity index (χ1n) is 11.1. The average Bonchev–Trinajstić information content (AvgIpc) is 3.30. The smallest absolute Gasteiger partial charge is 0.270 e. The van der Waals surface area contributed by atoms with Crippen LogP contribution in [-0.4, -0.2) is 46.0 Å². The molecule has 8 nitrogen and oxygen atoms in total. The van der Waals surface area contributed by atoms with Crippen LogP contribution in [-0.2, 0) is 9.59 Å². The number of rotatable bonds is 6. The van der Waals surface area contributed by atoms with Crippen LogP contribution in [0.5, 0.6) is 0 Å². The molecule has 4 unspecified atom stereocenters. The first-order chi connectivity index (χ1) is 15.9. The van der Waals surface area contributed by atoms with Gasteiger partial charge in [0.15, 0.2) is 5.78 Å². The van der Waals surface area contributed by atoms with E-state index in [-0.39, 0.29) is 28.8 Å². The molecule has 0 radical (unpaired) electrons. The molecule has 2 fully saturated rings. The van der Waals surface area contributed by atoms with Crippen molar-refractivity contribution in [1.82, 2.24) is 4.90 Å². The Kier molecular flexibility index (Phi) is 5.08. The Morgan fingerprint density at radius 1 is 1.06 bits per heavy atom. The molecule has 2 aromatic carbocycles. The minimum atomic E-state index is -0.920. The number of anilines is 1. The molecule has 4 atom stereocenters. The number of likely N-dealkylation sites (tertiary alicyclic amines) is 1. The standard InChI is InChI=1S/C25H23N3O5/c1-2-3-13-26-24(30)20-19-12-11-15-7-4-5-10-18(15)27(19)22(21(20)25(26)31)23(29)16-8-6-9-17(14-16)28(32)33/h4-12,14,19-22H,2-3,13H2,1H3. The van der Waals surface area contributed by atoms with Crippen LogP contribution in [0.25, 0.3) is 6.08 Å². The average molecular weight is 445 g/mol. The molecule has 2 aromatic rings.